The Morgan fingerprint density at radius 2 is 2.16 bits per heavy atom. The number of ether oxygens (including phenoxy) is 2. The first-order valence-corrected chi connectivity index (χ1v) is 5.99. The average Bonchev–Trinajstić information content (AvgIpc) is 2.28. The Bertz CT molecular complexity index is 479. The maximum Gasteiger partial charge on any atom is 0.573 e. The van der Waals surface area contributed by atoms with Gasteiger partial charge in [-0.15, -0.1) is 13.2 Å². The molecule has 0 unspecified atom stereocenters. The van der Waals surface area contributed by atoms with Gasteiger partial charge < -0.3 is 14.6 Å². The minimum atomic E-state index is -4.93. The zero-order valence-electron chi connectivity index (χ0n) is 9.62. The third kappa shape index (κ3) is 4.27. The summed E-state index contributed by atoms with van der Waals surface area (Å²) in [7, 11) is 1.21. The van der Waals surface area contributed by atoms with Gasteiger partial charge in [0.1, 0.15) is 5.75 Å². The standard InChI is InChI=1S/C10H9BrF3NO4/c1-18-9-5(2-8(16)17)7(19-10(12,13)14)4-15-6(9)3-11/h4H,2-3H2,1H3,(H,16,17). The summed E-state index contributed by atoms with van der Waals surface area (Å²) in [5.74, 6) is -2.03. The van der Waals surface area contributed by atoms with E-state index in [-0.39, 0.29) is 22.3 Å². The van der Waals surface area contributed by atoms with Crippen LogP contribution in [0.3, 0.4) is 0 Å². The number of pyridine rings is 1. The highest BCUT2D eigenvalue weighted by atomic mass is 79.9. The lowest BCUT2D eigenvalue weighted by molar-refractivity contribution is -0.275. The van der Waals surface area contributed by atoms with Gasteiger partial charge in [0.15, 0.2) is 5.75 Å². The molecule has 19 heavy (non-hydrogen) atoms. The first kappa shape index (κ1) is 15.5. The highest BCUT2D eigenvalue weighted by Crippen LogP contribution is 2.35. The molecule has 106 valence electrons. The number of aliphatic carboxylic acids is 1. The summed E-state index contributed by atoms with van der Waals surface area (Å²) in [4.78, 5) is 14.5. The van der Waals surface area contributed by atoms with Crippen LogP contribution in [0.15, 0.2) is 6.20 Å². The van der Waals surface area contributed by atoms with E-state index in [0.717, 1.165) is 6.20 Å². The summed E-state index contributed by atoms with van der Waals surface area (Å²) in [5.41, 5.74) is 0.0741. The third-order valence-corrected chi connectivity index (χ3v) is 2.59. The Morgan fingerprint density at radius 3 is 2.58 bits per heavy atom. The van der Waals surface area contributed by atoms with E-state index in [9.17, 15) is 18.0 Å². The number of carboxylic acids is 1. The second-order valence-electron chi connectivity index (χ2n) is 3.33. The Hall–Kier alpha value is -1.51. The number of nitrogens with zero attached hydrogens (tertiary/aromatic N) is 1. The van der Waals surface area contributed by atoms with Gasteiger partial charge in [-0.2, -0.15) is 0 Å². The normalized spacial score (nSPS) is 11.2. The van der Waals surface area contributed by atoms with E-state index < -0.39 is 24.5 Å². The largest absolute Gasteiger partial charge is 0.573 e. The predicted octanol–water partition coefficient (Wildman–Crippen LogP) is 2.51. The number of rotatable bonds is 5. The number of alkyl halides is 4. The van der Waals surface area contributed by atoms with E-state index in [4.69, 9.17) is 9.84 Å². The summed E-state index contributed by atoms with van der Waals surface area (Å²) < 4.78 is 45.4. The maximum atomic E-state index is 12.2. The quantitative estimate of drug-likeness (QED) is 0.832. The molecule has 0 aromatic carbocycles. The van der Waals surface area contributed by atoms with E-state index in [1.165, 1.54) is 7.11 Å². The molecule has 1 aromatic heterocycles. The lowest BCUT2D eigenvalue weighted by atomic mass is 10.1. The smallest absolute Gasteiger partial charge is 0.494 e. The lowest BCUT2D eigenvalue weighted by Crippen LogP contribution is -2.19. The fourth-order valence-electron chi connectivity index (χ4n) is 1.43. The molecule has 0 fully saturated rings. The Morgan fingerprint density at radius 1 is 1.53 bits per heavy atom. The van der Waals surface area contributed by atoms with E-state index in [1.807, 2.05) is 0 Å². The van der Waals surface area contributed by atoms with Crippen molar-refractivity contribution in [1.82, 2.24) is 4.98 Å². The molecule has 0 aliphatic heterocycles. The summed E-state index contributed by atoms with van der Waals surface area (Å²) in [5, 5.41) is 8.95. The molecule has 1 N–H and O–H groups in total. The van der Waals surface area contributed by atoms with E-state index in [2.05, 4.69) is 25.7 Å². The van der Waals surface area contributed by atoms with Gasteiger partial charge in [0.25, 0.3) is 0 Å². The summed E-state index contributed by atoms with van der Waals surface area (Å²) in [6.45, 7) is 0. The van der Waals surface area contributed by atoms with E-state index in [0.29, 0.717) is 0 Å². The molecule has 0 bridgehead atoms. The van der Waals surface area contributed by atoms with Crippen LogP contribution in [-0.2, 0) is 16.5 Å². The van der Waals surface area contributed by atoms with Crippen molar-refractivity contribution in [2.24, 2.45) is 0 Å². The lowest BCUT2D eigenvalue weighted by Gasteiger charge is -2.16. The fraction of sp³-hybridized carbons (Fsp3) is 0.400. The molecule has 1 rings (SSSR count). The van der Waals surface area contributed by atoms with Crippen LogP contribution < -0.4 is 9.47 Å². The van der Waals surface area contributed by atoms with Crippen molar-refractivity contribution in [2.45, 2.75) is 18.1 Å². The molecule has 0 aliphatic rings. The van der Waals surface area contributed by atoms with Gasteiger partial charge in [-0.3, -0.25) is 9.78 Å². The molecular formula is C10H9BrF3NO4. The zero-order valence-corrected chi connectivity index (χ0v) is 11.2. The van der Waals surface area contributed by atoms with Crippen molar-refractivity contribution in [2.75, 3.05) is 7.11 Å². The Balaban J connectivity index is 3.33. The Kier molecular flexibility index (Phi) is 4.98. The van der Waals surface area contributed by atoms with Crippen LogP contribution in [0.25, 0.3) is 0 Å². The molecule has 0 saturated carbocycles. The van der Waals surface area contributed by atoms with Crippen LogP contribution in [0, 0.1) is 0 Å². The van der Waals surface area contributed by atoms with Crippen LogP contribution in [0.2, 0.25) is 0 Å². The van der Waals surface area contributed by atoms with Gasteiger partial charge >= 0.3 is 12.3 Å². The van der Waals surface area contributed by atoms with Crippen molar-refractivity contribution in [3.8, 4) is 11.5 Å². The van der Waals surface area contributed by atoms with E-state index in [1.54, 1.807) is 0 Å². The van der Waals surface area contributed by atoms with Crippen LogP contribution >= 0.6 is 15.9 Å². The number of hydrogen-bond donors (Lipinski definition) is 1. The topological polar surface area (TPSA) is 68.7 Å². The minimum Gasteiger partial charge on any atom is -0.494 e. The number of aromatic nitrogens is 1. The number of carboxylic acid groups (broad SMARTS) is 1. The molecule has 0 amide bonds. The van der Waals surface area contributed by atoms with Crippen LogP contribution in [0.1, 0.15) is 11.3 Å². The van der Waals surface area contributed by atoms with Crippen LogP contribution in [-0.4, -0.2) is 29.5 Å². The van der Waals surface area contributed by atoms with Gasteiger partial charge in [-0.05, 0) is 0 Å². The number of hydrogen-bond acceptors (Lipinski definition) is 4. The second-order valence-corrected chi connectivity index (χ2v) is 3.89. The van der Waals surface area contributed by atoms with Gasteiger partial charge in [-0.25, -0.2) is 0 Å². The van der Waals surface area contributed by atoms with Crippen LogP contribution in [0.4, 0.5) is 13.2 Å². The van der Waals surface area contributed by atoms with Crippen molar-refractivity contribution in [3.05, 3.63) is 17.5 Å². The molecule has 0 aliphatic carbocycles. The highest BCUT2D eigenvalue weighted by molar-refractivity contribution is 9.08. The first-order chi connectivity index (χ1) is 8.78. The summed E-state index contributed by atoms with van der Waals surface area (Å²) >= 11 is 3.08. The number of halogens is 4. The minimum absolute atomic E-state index is 0.0407. The maximum absolute atomic E-state index is 12.2. The summed E-state index contributed by atoms with van der Waals surface area (Å²) in [6, 6.07) is 0. The average molecular weight is 344 g/mol. The van der Waals surface area contributed by atoms with Crippen molar-refractivity contribution < 1.29 is 32.5 Å². The van der Waals surface area contributed by atoms with E-state index >= 15 is 0 Å². The molecule has 0 atom stereocenters. The van der Waals surface area contributed by atoms with Crippen molar-refractivity contribution in [3.63, 3.8) is 0 Å². The van der Waals surface area contributed by atoms with Gasteiger partial charge in [0, 0.05) is 5.33 Å². The van der Waals surface area contributed by atoms with Crippen molar-refractivity contribution in [1.29, 1.82) is 0 Å². The highest BCUT2D eigenvalue weighted by Gasteiger charge is 2.33. The van der Waals surface area contributed by atoms with Crippen LogP contribution in [0.5, 0.6) is 11.5 Å². The first-order valence-electron chi connectivity index (χ1n) is 4.86. The molecule has 1 aromatic rings. The molecule has 1 heterocycles. The number of carbonyl (C=O) groups is 1. The SMILES string of the molecule is COc1c(CBr)ncc(OC(F)(F)F)c1CC(=O)O. The fourth-order valence-corrected chi connectivity index (χ4v) is 1.83. The van der Waals surface area contributed by atoms with Gasteiger partial charge in [0.05, 0.1) is 31.0 Å². The number of methoxy groups -OCH3 is 1. The molecular weight excluding hydrogens is 335 g/mol. The predicted molar refractivity (Wildman–Crippen MR) is 61.4 cm³/mol. The molecule has 0 saturated heterocycles. The zero-order chi connectivity index (χ0) is 14.6. The molecule has 9 heteroatoms. The second kappa shape index (κ2) is 6.09. The third-order valence-electron chi connectivity index (χ3n) is 2.06. The molecule has 5 nitrogen and oxygen atoms in total. The van der Waals surface area contributed by atoms with Gasteiger partial charge in [-0.1, -0.05) is 15.9 Å². The monoisotopic (exact) mass is 343 g/mol. The molecule has 0 spiro atoms. The Labute approximate surface area is 114 Å². The van der Waals surface area contributed by atoms with Crippen molar-refractivity contribution >= 4 is 21.9 Å². The van der Waals surface area contributed by atoms with Gasteiger partial charge in [0.2, 0.25) is 0 Å². The summed E-state index contributed by atoms with van der Waals surface area (Å²) in [6.07, 6.45) is -4.78. The molecule has 0 radical (unpaired) electrons.